The Morgan fingerprint density at radius 3 is 2.19 bits per heavy atom. The summed E-state index contributed by atoms with van der Waals surface area (Å²) in [6.07, 6.45) is 4.27. The van der Waals surface area contributed by atoms with E-state index in [9.17, 15) is 9.59 Å². The lowest BCUT2D eigenvalue weighted by Gasteiger charge is -2.48. The third-order valence-corrected chi connectivity index (χ3v) is 6.76. The normalized spacial score (nSPS) is 25.0. The molecule has 0 saturated carbocycles. The number of piperazine rings is 2. The molecule has 0 aromatic heterocycles. The fourth-order valence-corrected chi connectivity index (χ4v) is 5.11. The lowest BCUT2D eigenvalue weighted by Crippen LogP contribution is -2.62. The van der Waals surface area contributed by atoms with E-state index in [1.165, 1.54) is 38.3 Å². The van der Waals surface area contributed by atoms with Gasteiger partial charge in [-0.25, -0.2) is 14.8 Å². The quantitative estimate of drug-likeness (QED) is 0.589. The number of ketones is 1. The molecule has 1 aromatic rings. The number of piperidine rings is 1. The van der Waals surface area contributed by atoms with Gasteiger partial charge < -0.3 is 4.84 Å². The molecule has 3 aliphatic heterocycles. The van der Waals surface area contributed by atoms with Gasteiger partial charge >= 0.3 is 5.97 Å². The minimum atomic E-state index is -0.452. The zero-order chi connectivity index (χ0) is 22.3. The molecule has 4 rings (SSSR count). The number of hydroxylamine groups is 2. The molecule has 0 N–H and O–H groups in total. The first-order valence-electron chi connectivity index (χ1n) is 12.1. The van der Waals surface area contributed by atoms with Crippen LogP contribution in [0.25, 0.3) is 0 Å². The predicted molar refractivity (Wildman–Crippen MR) is 122 cm³/mol. The minimum absolute atomic E-state index is 0.148. The highest BCUT2D eigenvalue weighted by Crippen LogP contribution is 2.24. The summed E-state index contributed by atoms with van der Waals surface area (Å²) in [4.78, 5) is 33.4. The highest BCUT2D eigenvalue weighted by atomic mass is 16.7. The van der Waals surface area contributed by atoms with Crippen LogP contribution in [0.4, 0.5) is 0 Å². The highest BCUT2D eigenvalue weighted by Gasteiger charge is 2.32. The number of hydrazine groups is 1. The summed E-state index contributed by atoms with van der Waals surface area (Å²) in [6, 6.07) is 10.8. The Balaban J connectivity index is 1.22. The van der Waals surface area contributed by atoms with E-state index in [4.69, 9.17) is 4.84 Å². The Kier molecular flexibility index (Phi) is 8.26. The number of benzene rings is 1. The molecule has 0 amide bonds. The van der Waals surface area contributed by atoms with Crippen molar-refractivity contribution in [3.05, 3.63) is 35.9 Å². The van der Waals surface area contributed by atoms with Crippen molar-refractivity contribution in [3.63, 3.8) is 0 Å². The van der Waals surface area contributed by atoms with Crippen LogP contribution in [-0.2, 0) is 21.0 Å². The number of nitrogens with zero attached hydrogens (tertiary/aromatic N) is 5. The van der Waals surface area contributed by atoms with Gasteiger partial charge in [-0.1, -0.05) is 30.3 Å². The topological polar surface area (TPSA) is 59.6 Å². The van der Waals surface area contributed by atoms with Crippen molar-refractivity contribution in [3.8, 4) is 0 Å². The van der Waals surface area contributed by atoms with E-state index in [0.29, 0.717) is 19.3 Å². The Hall–Kier alpha value is -1.84. The summed E-state index contributed by atoms with van der Waals surface area (Å²) in [5.74, 6) is -0.612. The van der Waals surface area contributed by atoms with Gasteiger partial charge in [-0.15, -0.1) is 5.06 Å². The molecular formula is C24H37N5O3. The molecule has 8 heteroatoms. The van der Waals surface area contributed by atoms with Gasteiger partial charge in [0.1, 0.15) is 12.2 Å². The average molecular weight is 444 g/mol. The lowest BCUT2D eigenvalue weighted by molar-refractivity contribution is -0.209. The van der Waals surface area contributed by atoms with E-state index >= 15 is 0 Å². The molecule has 3 fully saturated rings. The number of likely N-dealkylation sites (tertiary alicyclic amines) is 1. The molecule has 3 saturated heterocycles. The molecule has 32 heavy (non-hydrogen) atoms. The van der Waals surface area contributed by atoms with Crippen LogP contribution >= 0.6 is 0 Å². The van der Waals surface area contributed by atoms with E-state index in [1.807, 2.05) is 0 Å². The third-order valence-electron chi connectivity index (χ3n) is 6.76. The van der Waals surface area contributed by atoms with Crippen LogP contribution < -0.4 is 0 Å². The second kappa shape index (κ2) is 11.3. The van der Waals surface area contributed by atoms with Crippen LogP contribution in [0.1, 0.15) is 38.2 Å². The summed E-state index contributed by atoms with van der Waals surface area (Å²) in [5, 5.41) is 6.56. The maximum atomic E-state index is 11.7. The van der Waals surface area contributed by atoms with E-state index in [0.717, 1.165) is 45.8 Å². The van der Waals surface area contributed by atoms with Gasteiger partial charge in [-0.2, -0.15) is 0 Å². The molecule has 0 spiro atoms. The van der Waals surface area contributed by atoms with Gasteiger partial charge in [0.2, 0.25) is 0 Å². The standard InChI is InChI=1S/C24H37N5O3/c1-21(30)19-24(31)32-29-17-15-28(16-18-29)27-13-11-25(12-14-27)23-9-5-6-10-26(23)20-22-7-3-2-4-8-22/h2-4,7-8,23H,5-6,9-20H2,1H3. The number of hydrogen-bond donors (Lipinski definition) is 0. The molecule has 1 aromatic carbocycles. The molecular weight excluding hydrogens is 406 g/mol. The summed E-state index contributed by atoms with van der Waals surface area (Å²) in [7, 11) is 0. The zero-order valence-corrected chi connectivity index (χ0v) is 19.3. The maximum absolute atomic E-state index is 11.7. The van der Waals surface area contributed by atoms with Gasteiger partial charge in [0.25, 0.3) is 0 Å². The molecule has 0 bridgehead atoms. The Morgan fingerprint density at radius 1 is 0.875 bits per heavy atom. The van der Waals surface area contributed by atoms with Crippen LogP contribution in [0.2, 0.25) is 0 Å². The maximum Gasteiger partial charge on any atom is 0.332 e. The van der Waals surface area contributed by atoms with Crippen molar-refractivity contribution >= 4 is 11.8 Å². The van der Waals surface area contributed by atoms with Gasteiger partial charge in [0, 0.05) is 58.9 Å². The van der Waals surface area contributed by atoms with Crippen LogP contribution in [-0.4, -0.2) is 102 Å². The van der Waals surface area contributed by atoms with E-state index in [2.05, 4.69) is 50.1 Å². The summed E-state index contributed by atoms with van der Waals surface area (Å²) < 4.78 is 0. The van der Waals surface area contributed by atoms with Crippen LogP contribution in [0.3, 0.4) is 0 Å². The zero-order valence-electron chi connectivity index (χ0n) is 19.3. The first kappa shape index (κ1) is 23.3. The molecule has 0 aliphatic carbocycles. The largest absolute Gasteiger partial charge is 0.367 e. The number of carbonyl (C=O) groups excluding carboxylic acids is 2. The minimum Gasteiger partial charge on any atom is -0.367 e. The molecule has 3 aliphatic rings. The van der Waals surface area contributed by atoms with Crippen LogP contribution in [0, 0.1) is 0 Å². The molecule has 8 nitrogen and oxygen atoms in total. The molecule has 1 unspecified atom stereocenters. The number of carbonyl (C=O) groups is 2. The lowest BCUT2D eigenvalue weighted by atomic mass is 10.0. The van der Waals surface area contributed by atoms with Crippen molar-refractivity contribution < 1.29 is 14.4 Å². The second-order valence-electron chi connectivity index (χ2n) is 9.15. The molecule has 176 valence electrons. The fourth-order valence-electron chi connectivity index (χ4n) is 5.11. The van der Waals surface area contributed by atoms with E-state index in [-0.39, 0.29) is 12.2 Å². The van der Waals surface area contributed by atoms with Gasteiger partial charge in [0.05, 0.1) is 6.17 Å². The number of rotatable bonds is 7. The number of hydrogen-bond acceptors (Lipinski definition) is 8. The summed E-state index contributed by atoms with van der Waals surface area (Å²) in [6.45, 7) is 10.9. The summed E-state index contributed by atoms with van der Waals surface area (Å²) in [5.41, 5.74) is 1.40. The third kappa shape index (κ3) is 6.36. The van der Waals surface area contributed by atoms with Crippen molar-refractivity contribution in [2.45, 2.75) is 45.3 Å². The van der Waals surface area contributed by atoms with Crippen LogP contribution in [0.5, 0.6) is 0 Å². The first-order valence-corrected chi connectivity index (χ1v) is 12.1. The van der Waals surface area contributed by atoms with Gasteiger partial charge in [0.15, 0.2) is 0 Å². The van der Waals surface area contributed by atoms with E-state index in [1.54, 1.807) is 5.06 Å². The van der Waals surface area contributed by atoms with Gasteiger partial charge in [-0.3, -0.25) is 14.6 Å². The van der Waals surface area contributed by atoms with E-state index < -0.39 is 5.97 Å². The monoisotopic (exact) mass is 443 g/mol. The molecule has 0 radical (unpaired) electrons. The Morgan fingerprint density at radius 2 is 1.53 bits per heavy atom. The first-order chi connectivity index (χ1) is 15.6. The Bertz CT molecular complexity index is 745. The van der Waals surface area contributed by atoms with Crippen molar-refractivity contribution in [2.75, 3.05) is 58.9 Å². The van der Waals surface area contributed by atoms with Crippen LogP contribution in [0.15, 0.2) is 30.3 Å². The molecule has 1 atom stereocenters. The van der Waals surface area contributed by atoms with Crippen molar-refractivity contribution in [2.24, 2.45) is 0 Å². The van der Waals surface area contributed by atoms with Crippen molar-refractivity contribution in [1.82, 2.24) is 24.9 Å². The summed E-state index contributed by atoms with van der Waals surface area (Å²) >= 11 is 0. The highest BCUT2D eigenvalue weighted by molar-refractivity contribution is 5.93. The van der Waals surface area contributed by atoms with Crippen molar-refractivity contribution in [1.29, 1.82) is 0 Å². The molecule has 3 heterocycles. The second-order valence-corrected chi connectivity index (χ2v) is 9.15. The Labute approximate surface area is 191 Å². The fraction of sp³-hybridized carbons (Fsp3) is 0.667. The number of Topliss-reactive ketones (excluding diaryl/α,β-unsaturated/α-hetero) is 1. The smallest absolute Gasteiger partial charge is 0.332 e. The SMILES string of the molecule is CC(=O)CC(=O)ON1CCN(N2CCN(C3CCCCN3Cc3ccccc3)CC2)CC1. The van der Waals surface area contributed by atoms with Gasteiger partial charge in [-0.05, 0) is 38.3 Å². The average Bonchev–Trinajstić information content (AvgIpc) is 2.80. The predicted octanol–water partition coefficient (Wildman–Crippen LogP) is 1.59.